The molecule has 0 aromatic carbocycles. The van der Waals surface area contributed by atoms with Gasteiger partial charge < -0.3 is 10.1 Å². The van der Waals surface area contributed by atoms with Crippen LogP contribution in [-0.2, 0) is 11.2 Å². The van der Waals surface area contributed by atoms with E-state index in [1.54, 1.807) is 7.11 Å². The maximum atomic E-state index is 5.63. The topological polar surface area (TPSA) is 34.2 Å². The number of ether oxygens (including phenoxy) is 1. The van der Waals surface area contributed by atoms with Crippen molar-refractivity contribution in [2.24, 2.45) is 0 Å². The van der Waals surface area contributed by atoms with Crippen LogP contribution in [0.4, 0.5) is 0 Å². The fourth-order valence-electron chi connectivity index (χ4n) is 2.93. The van der Waals surface area contributed by atoms with Crippen LogP contribution in [0, 0.1) is 0 Å². The first-order valence-electron chi connectivity index (χ1n) is 6.26. The molecule has 1 heterocycles. The van der Waals surface area contributed by atoms with Crippen LogP contribution < -0.4 is 5.32 Å². The lowest BCUT2D eigenvalue weighted by atomic mass is 9.85. The molecule has 0 bridgehead atoms. The van der Waals surface area contributed by atoms with Gasteiger partial charge in [0, 0.05) is 31.0 Å². The Bertz CT molecular complexity index is 390. The number of rotatable bonds is 4. The molecule has 1 aromatic heterocycles. The van der Waals surface area contributed by atoms with Crippen molar-refractivity contribution >= 4 is 0 Å². The number of likely N-dealkylation sites (N-methyl/N-ethyl adjacent to an activating group) is 1. The largest absolute Gasteiger partial charge is 0.377 e. The van der Waals surface area contributed by atoms with Crippen molar-refractivity contribution < 1.29 is 4.74 Å². The van der Waals surface area contributed by atoms with E-state index in [-0.39, 0.29) is 5.60 Å². The van der Waals surface area contributed by atoms with Crippen LogP contribution in [-0.4, -0.2) is 30.8 Å². The lowest BCUT2D eigenvalue weighted by molar-refractivity contribution is -0.0162. The van der Waals surface area contributed by atoms with Crippen LogP contribution in [0.25, 0.3) is 0 Å². The Kier molecular flexibility index (Phi) is 3.50. The SMILES string of the molecule is CNC(C1CCc2cccnc21)C(C)(C)OC. The number of hydrogen-bond donors (Lipinski definition) is 1. The number of fused-ring (bicyclic) bond motifs is 1. The van der Waals surface area contributed by atoms with E-state index in [2.05, 4.69) is 30.2 Å². The van der Waals surface area contributed by atoms with Crippen molar-refractivity contribution in [1.29, 1.82) is 0 Å². The van der Waals surface area contributed by atoms with Gasteiger partial charge in [0.25, 0.3) is 0 Å². The maximum absolute atomic E-state index is 5.63. The first-order chi connectivity index (χ1) is 8.10. The molecule has 0 radical (unpaired) electrons. The highest BCUT2D eigenvalue weighted by Crippen LogP contribution is 2.37. The van der Waals surface area contributed by atoms with Crippen LogP contribution in [0.15, 0.2) is 18.3 Å². The summed E-state index contributed by atoms with van der Waals surface area (Å²) in [5.41, 5.74) is 2.46. The molecule has 3 nitrogen and oxygen atoms in total. The molecule has 17 heavy (non-hydrogen) atoms. The second-order valence-electron chi connectivity index (χ2n) is 5.27. The summed E-state index contributed by atoms with van der Waals surface area (Å²) in [5.74, 6) is 0.450. The van der Waals surface area contributed by atoms with Crippen LogP contribution in [0.5, 0.6) is 0 Å². The van der Waals surface area contributed by atoms with Gasteiger partial charge in [0.05, 0.1) is 5.60 Å². The lowest BCUT2D eigenvalue weighted by Gasteiger charge is -2.37. The zero-order valence-corrected chi connectivity index (χ0v) is 11.2. The van der Waals surface area contributed by atoms with Gasteiger partial charge in [0.2, 0.25) is 0 Å². The highest BCUT2D eigenvalue weighted by Gasteiger charge is 2.39. The molecular formula is C14H22N2O. The Hall–Kier alpha value is -0.930. The van der Waals surface area contributed by atoms with Crippen molar-refractivity contribution in [3.63, 3.8) is 0 Å². The summed E-state index contributed by atoms with van der Waals surface area (Å²) in [6.07, 6.45) is 4.18. The highest BCUT2D eigenvalue weighted by molar-refractivity contribution is 5.30. The Balaban J connectivity index is 2.29. The molecule has 1 aromatic rings. The predicted octanol–water partition coefficient (Wildman–Crippen LogP) is 2.12. The fraction of sp³-hybridized carbons (Fsp3) is 0.643. The summed E-state index contributed by atoms with van der Waals surface area (Å²) in [4.78, 5) is 4.56. The first-order valence-corrected chi connectivity index (χ1v) is 6.26. The average molecular weight is 234 g/mol. The van der Waals surface area contributed by atoms with Gasteiger partial charge in [-0.05, 0) is 45.4 Å². The summed E-state index contributed by atoms with van der Waals surface area (Å²) < 4.78 is 5.63. The van der Waals surface area contributed by atoms with E-state index >= 15 is 0 Å². The number of aryl methyl sites for hydroxylation is 1. The van der Waals surface area contributed by atoms with Crippen LogP contribution in [0.2, 0.25) is 0 Å². The van der Waals surface area contributed by atoms with Gasteiger partial charge in [-0.15, -0.1) is 0 Å². The molecule has 2 atom stereocenters. The third-order valence-electron chi connectivity index (χ3n) is 3.99. The molecular weight excluding hydrogens is 212 g/mol. The molecule has 1 aliphatic carbocycles. The Morgan fingerprint density at radius 3 is 2.94 bits per heavy atom. The van der Waals surface area contributed by atoms with Gasteiger partial charge in [-0.1, -0.05) is 6.07 Å². The number of pyridine rings is 1. The number of aromatic nitrogens is 1. The van der Waals surface area contributed by atoms with Gasteiger partial charge in [-0.3, -0.25) is 4.98 Å². The molecule has 94 valence electrons. The fourth-order valence-corrected chi connectivity index (χ4v) is 2.93. The zero-order valence-electron chi connectivity index (χ0n) is 11.2. The predicted molar refractivity (Wildman–Crippen MR) is 69.2 cm³/mol. The molecule has 0 amide bonds. The summed E-state index contributed by atoms with van der Waals surface area (Å²) >= 11 is 0. The smallest absolute Gasteiger partial charge is 0.0781 e. The molecule has 0 spiro atoms. The van der Waals surface area contributed by atoms with Gasteiger partial charge in [-0.25, -0.2) is 0 Å². The van der Waals surface area contributed by atoms with Gasteiger partial charge in [0.15, 0.2) is 0 Å². The second-order valence-corrected chi connectivity index (χ2v) is 5.27. The third-order valence-corrected chi connectivity index (χ3v) is 3.99. The standard InChI is InChI=1S/C14H22N2O/c1-14(2,17-4)13(15-3)11-8-7-10-6-5-9-16-12(10)11/h5-6,9,11,13,15H,7-8H2,1-4H3. The molecule has 3 heteroatoms. The summed E-state index contributed by atoms with van der Waals surface area (Å²) in [6.45, 7) is 4.27. The minimum absolute atomic E-state index is 0.182. The minimum Gasteiger partial charge on any atom is -0.377 e. The monoisotopic (exact) mass is 234 g/mol. The van der Waals surface area contributed by atoms with Gasteiger partial charge >= 0.3 is 0 Å². The van der Waals surface area contributed by atoms with Crippen molar-refractivity contribution in [3.8, 4) is 0 Å². The van der Waals surface area contributed by atoms with Crippen LogP contribution in [0.3, 0.4) is 0 Å². The summed E-state index contributed by atoms with van der Waals surface area (Å²) in [7, 11) is 3.78. The quantitative estimate of drug-likeness (QED) is 0.866. The summed E-state index contributed by atoms with van der Waals surface area (Å²) in [5, 5.41) is 3.41. The molecule has 2 unspecified atom stereocenters. The van der Waals surface area contributed by atoms with Crippen molar-refractivity contribution in [3.05, 3.63) is 29.6 Å². The number of methoxy groups -OCH3 is 1. The maximum Gasteiger partial charge on any atom is 0.0781 e. The number of nitrogens with zero attached hydrogens (tertiary/aromatic N) is 1. The number of hydrogen-bond acceptors (Lipinski definition) is 3. The van der Waals surface area contributed by atoms with E-state index in [0.717, 1.165) is 12.8 Å². The minimum atomic E-state index is -0.182. The van der Waals surface area contributed by atoms with E-state index in [0.29, 0.717) is 12.0 Å². The molecule has 0 saturated carbocycles. The molecule has 0 fully saturated rings. The molecule has 0 saturated heterocycles. The van der Waals surface area contributed by atoms with E-state index in [1.807, 2.05) is 19.3 Å². The van der Waals surface area contributed by atoms with Gasteiger partial charge in [-0.2, -0.15) is 0 Å². The van der Waals surface area contributed by atoms with Crippen molar-refractivity contribution in [2.75, 3.05) is 14.2 Å². The van der Waals surface area contributed by atoms with E-state index in [9.17, 15) is 0 Å². The average Bonchev–Trinajstić information content (AvgIpc) is 2.74. The van der Waals surface area contributed by atoms with E-state index in [4.69, 9.17) is 4.74 Å². The molecule has 0 aliphatic heterocycles. The third kappa shape index (κ3) is 2.22. The van der Waals surface area contributed by atoms with Crippen molar-refractivity contribution in [2.45, 2.75) is 44.2 Å². The summed E-state index contributed by atoms with van der Waals surface area (Å²) in [6, 6.07) is 4.51. The Labute approximate surface area is 104 Å². The van der Waals surface area contributed by atoms with Crippen LogP contribution >= 0.6 is 0 Å². The van der Waals surface area contributed by atoms with E-state index < -0.39 is 0 Å². The number of nitrogens with one attached hydrogen (secondary N) is 1. The van der Waals surface area contributed by atoms with E-state index in [1.165, 1.54) is 11.3 Å². The normalized spacial score (nSPS) is 21.3. The highest BCUT2D eigenvalue weighted by atomic mass is 16.5. The van der Waals surface area contributed by atoms with Crippen molar-refractivity contribution in [1.82, 2.24) is 10.3 Å². The molecule has 1 N–H and O–H groups in total. The second kappa shape index (κ2) is 4.75. The zero-order chi connectivity index (χ0) is 12.5. The first kappa shape index (κ1) is 12.5. The molecule has 2 rings (SSSR count). The molecule has 1 aliphatic rings. The Morgan fingerprint density at radius 1 is 1.53 bits per heavy atom. The van der Waals surface area contributed by atoms with Crippen LogP contribution in [0.1, 0.15) is 37.4 Å². The Morgan fingerprint density at radius 2 is 2.29 bits per heavy atom. The van der Waals surface area contributed by atoms with Gasteiger partial charge in [0.1, 0.15) is 0 Å². The lowest BCUT2D eigenvalue weighted by Crippen LogP contribution is -2.50.